The summed E-state index contributed by atoms with van der Waals surface area (Å²) in [5.41, 5.74) is 8.41. The fourth-order valence-electron chi connectivity index (χ4n) is 1.15. The summed E-state index contributed by atoms with van der Waals surface area (Å²) >= 11 is 6.13. The molecule has 0 saturated heterocycles. The van der Waals surface area contributed by atoms with Crippen LogP contribution in [-0.2, 0) is 0 Å². The number of hydrogen-bond acceptors (Lipinski definition) is 2. The summed E-state index contributed by atoms with van der Waals surface area (Å²) in [6.07, 6.45) is 4.02. The molecular weight excluding hydrogens is 196 g/mol. The SMILES string of the molecule is CNCC=Cc1ccc(N)c(C)c1Cl. The molecule has 0 unspecified atom stereocenters. The second kappa shape index (κ2) is 5.03. The first-order valence-corrected chi connectivity index (χ1v) is 4.90. The van der Waals surface area contributed by atoms with E-state index in [0.29, 0.717) is 0 Å². The molecule has 1 aromatic rings. The number of anilines is 1. The molecule has 0 aliphatic heterocycles. The lowest BCUT2D eigenvalue weighted by Crippen LogP contribution is -2.03. The van der Waals surface area contributed by atoms with Gasteiger partial charge in [-0.3, -0.25) is 0 Å². The predicted octanol–water partition coefficient (Wildman–Crippen LogP) is 2.46. The number of benzene rings is 1. The number of hydrogen-bond donors (Lipinski definition) is 2. The molecule has 0 aliphatic carbocycles. The van der Waals surface area contributed by atoms with Gasteiger partial charge in [-0.05, 0) is 31.2 Å². The van der Waals surface area contributed by atoms with Crippen molar-refractivity contribution in [1.29, 1.82) is 0 Å². The summed E-state index contributed by atoms with van der Waals surface area (Å²) in [5, 5.41) is 3.76. The van der Waals surface area contributed by atoms with Gasteiger partial charge in [-0.2, -0.15) is 0 Å². The normalized spacial score (nSPS) is 11.1. The Hall–Kier alpha value is -0.990. The lowest BCUT2D eigenvalue weighted by molar-refractivity contribution is 0.922. The highest BCUT2D eigenvalue weighted by atomic mass is 35.5. The Bertz CT molecular complexity index is 345. The van der Waals surface area contributed by atoms with Gasteiger partial charge in [-0.25, -0.2) is 0 Å². The van der Waals surface area contributed by atoms with Crippen LogP contribution < -0.4 is 11.1 Å². The summed E-state index contributed by atoms with van der Waals surface area (Å²) in [5.74, 6) is 0. The van der Waals surface area contributed by atoms with Gasteiger partial charge in [0, 0.05) is 12.2 Å². The molecule has 76 valence electrons. The van der Waals surface area contributed by atoms with Crippen molar-refractivity contribution in [1.82, 2.24) is 5.32 Å². The highest BCUT2D eigenvalue weighted by Gasteiger charge is 2.02. The Morgan fingerprint density at radius 3 is 2.86 bits per heavy atom. The van der Waals surface area contributed by atoms with E-state index < -0.39 is 0 Å². The minimum Gasteiger partial charge on any atom is -0.398 e. The van der Waals surface area contributed by atoms with Crippen LogP contribution in [0.15, 0.2) is 18.2 Å². The summed E-state index contributed by atoms with van der Waals surface area (Å²) < 4.78 is 0. The van der Waals surface area contributed by atoms with Gasteiger partial charge < -0.3 is 11.1 Å². The molecule has 0 fully saturated rings. The Balaban J connectivity index is 2.94. The summed E-state index contributed by atoms with van der Waals surface area (Å²) in [7, 11) is 1.90. The van der Waals surface area contributed by atoms with Crippen molar-refractivity contribution in [2.45, 2.75) is 6.92 Å². The van der Waals surface area contributed by atoms with Crippen molar-refractivity contribution in [3.63, 3.8) is 0 Å². The van der Waals surface area contributed by atoms with Crippen molar-refractivity contribution in [3.8, 4) is 0 Å². The second-order valence-corrected chi connectivity index (χ2v) is 3.52. The van der Waals surface area contributed by atoms with Crippen LogP contribution in [0.4, 0.5) is 5.69 Å². The highest BCUT2D eigenvalue weighted by Crippen LogP contribution is 2.26. The smallest absolute Gasteiger partial charge is 0.0527 e. The summed E-state index contributed by atoms with van der Waals surface area (Å²) in [6.45, 7) is 2.76. The van der Waals surface area contributed by atoms with Crippen LogP contribution >= 0.6 is 11.6 Å². The van der Waals surface area contributed by atoms with Crippen molar-refractivity contribution < 1.29 is 0 Å². The van der Waals surface area contributed by atoms with Crippen LogP contribution in [0.5, 0.6) is 0 Å². The molecule has 14 heavy (non-hydrogen) atoms. The first-order valence-electron chi connectivity index (χ1n) is 4.52. The third-order valence-corrected chi connectivity index (χ3v) is 2.58. The fourth-order valence-corrected chi connectivity index (χ4v) is 1.39. The second-order valence-electron chi connectivity index (χ2n) is 3.14. The molecule has 0 radical (unpaired) electrons. The van der Waals surface area contributed by atoms with E-state index in [-0.39, 0.29) is 0 Å². The van der Waals surface area contributed by atoms with Gasteiger partial charge in [-0.15, -0.1) is 0 Å². The molecule has 0 atom stereocenters. The van der Waals surface area contributed by atoms with Crippen LogP contribution in [0.3, 0.4) is 0 Å². The fraction of sp³-hybridized carbons (Fsp3) is 0.273. The van der Waals surface area contributed by atoms with E-state index in [1.807, 2.05) is 38.3 Å². The molecule has 2 nitrogen and oxygen atoms in total. The maximum absolute atomic E-state index is 6.13. The molecule has 0 amide bonds. The molecule has 3 heteroatoms. The molecular formula is C11H15ClN2. The molecule has 0 aliphatic rings. The number of nitrogens with one attached hydrogen (secondary N) is 1. The van der Waals surface area contributed by atoms with Crippen LogP contribution in [0, 0.1) is 6.92 Å². The molecule has 3 N–H and O–H groups in total. The minimum absolute atomic E-state index is 0.734. The molecule has 0 spiro atoms. The van der Waals surface area contributed by atoms with Gasteiger partial charge in [0.05, 0.1) is 5.02 Å². The van der Waals surface area contributed by atoms with Crippen molar-refractivity contribution in [3.05, 3.63) is 34.4 Å². The molecule has 0 heterocycles. The van der Waals surface area contributed by atoms with Crippen LogP contribution in [0.2, 0.25) is 5.02 Å². The van der Waals surface area contributed by atoms with Crippen molar-refractivity contribution in [2.24, 2.45) is 0 Å². The van der Waals surface area contributed by atoms with E-state index in [1.54, 1.807) is 0 Å². The number of likely N-dealkylation sites (N-methyl/N-ethyl adjacent to an activating group) is 1. The maximum atomic E-state index is 6.13. The summed E-state index contributed by atoms with van der Waals surface area (Å²) in [4.78, 5) is 0. The largest absolute Gasteiger partial charge is 0.398 e. The number of halogens is 1. The average Bonchev–Trinajstić information content (AvgIpc) is 2.18. The lowest BCUT2D eigenvalue weighted by Gasteiger charge is -2.05. The van der Waals surface area contributed by atoms with E-state index in [4.69, 9.17) is 17.3 Å². The van der Waals surface area contributed by atoms with Gasteiger partial charge in [0.1, 0.15) is 0 Å². The number of nitrogen functional groups attached to an aromatic ring is 1. The van der Waals surface area contributed by atoms with Gasteiger partial charge in [-0.1, -0.05) is 29.8 Å². The Labute approximate surface area is 89.8 Å². The third kappa shape index (κ3) is 2.50. The van der Waals surface area contributed by atoms with Gasteiger partial charge in [0.15, 0.2) is 0 Å². The zero-order valence-corrected chi connectivity index (χ0v) is 9.23. The average molecular weight is 211 g/mol. The Kier molecular flexibility index (Phi) is 3.98. The topological polar surface area (TPSA) is 38.0 Å². The molecule has 0 aromatic heterocycles. The van der Waals surface area contributed by atoms with Crippen LogP contribution in [0.25, 0.3) is 6.08 Å². The molecule has 1 aromatic carbocycles. The third-order valence-electron chi connectivity index (χ3n) is 2.08. The maximum Gasteiger partial charge on any atom is 0.0527 e. The van der Waals surface area contributed by atoms with E-state index in [0.717, 1.165) is 28.4 Å². The standard InChI is InChI=1S/C11H15ClN2/c1-8-10(13)6-5-9(11(8)12)4-3-7-14-2/h3-6,14H,7,13H2,1-2H3. The zero-order chi connectivity index (χ0) is 10.6. The zero-order valence-electron chi connectivity index (χ0n) is 8.47. The lowest BCUT2D eigenvalue weighted by atomic mass is 10.1. The first kappa shape index (κ1) is 11.1. The van der Waals surface area contributed by atoms with Crippen LogP contribution in [0.1, 0.15) is 11.1 Å². The first-order chi connectivity index (χ1) is 6.66. The minimum atomic E-state index is 0.734. The Morgan fingerprint density at radius 1 is 1.50 bits per heavy atom. The highest BCUT2D eigenvalue weighted by molar-refractivity contribution is 6.33. The van der Waals surface area contributed by atoms with Gasteiger partial charge in [0.2, 0.25) is 0 Å². The van der Waals surface area contributed by atoms with E-state index in [2.05, 4.69) is 5.32 Å². The van der Waals surface area contributed by atoms with Gasteiger partial charge in [0.25, 0.3) is 0 Å². The predicted molar refractivity (Wildman–Crippen MR) is 63.6 cm³/mol. The number of rotatable bonds is 3. The quantitative estimate of drug-likeness (QED) is 0.753. The van der Waals surface area contributed by atoms with E-state index >= 15 is 0 Å². The molecule has 1 rings (SSSR count). The summed E-state index contributed by atoms with van der Waals surface area (Å²) in [6, 6.07) is 3.80. The Morgan fingerprint density at radius 2 is 2.21 bits per heavy atom. The van der Waals surface area contributed by atoms with E-state index in [1.165, 1.54) is 0 Å². The number of nitrogens with two attached hydrogens (primary N) is 1. The van der Waals surface area contributed by atoms with Crippen LogP contribution in [-0.4, -0.2) is 13.6 Å². The monoisotopic (exact) mass is 210 g/mol. The van der Waals surface area contributed by atoms with E-state index in [9.17, 15) is 0 Å². The molecule has 0 saturated carbocycles. The van der Waals surface area contributed by atoms with Crippen molar-refractivity contribution in [2.75, 3.05) is 19.3 Å². The van der Waals surface area contributed by atoms with Gasteiger partial charge >= 0.3 is 0 Å². The van der Waals surface area contributed by atoms with Crippen molar-refractivity contribution >= 4 is 23.4 Å². The molecule has 0 bridgehead atoms.